The maximum absolute atomic E-state index is 11.7. The van der Waals surface area contributed by atoms with Gasteiger partial charge in [0.05, 0.1) is 0 Å². The molecule has 3 nitrogen and oxygen atoms in total. The number of hydrogen-bond acceptors (Lipinski definition) is 2. The van der Waals surface area contributed by atoms with Gasteiger partial charge >= 0.3 is 0 Å². The smallest absolute Gasteiger partial charge is 0.255 e. The summed E-state index contributed by atoms with van der Waals surface area (Å²) < 4.78 is 5.17. The van der Waals surface area contributed by atoms with E-state index in [2.05, 4.69) is 0 Å². The Labute approximate surface area is 84.3 Å². The van der Waals surface area contributed by atoms with Crippen molar-refractivity contribution in [2.45, 2.75) is 6.10 Å². The number of nitrogens with zero attached hydrogens (tertiary/aromatic N) is 1. The van der Waals surface area contributed by atoms with E-state index < -0.39 is 6.10 Å². The van der Waals surface area contributed by atoms with Crippen LogP contribution in [0.15, 0.2) is 30.3 Å². The third-order valence-corrected chi connectivity index (χ3v) is 2.00. The maximum atomic E-state index is 11.7. The molecule has 0 unspecified atom stereocenters. The molecular formula is C11H15NO2. The van der Waals surface area contributed by atoms with Gasteiger partial charge in [-0.1, -0.05) is 30.3 Å². The molecule has 0 spiro atoms. The minimum absolute atomic E-state index is 0.0429. The van der Waals surface area contributed by atoms with Crippen LogP contribution in [0.3, 0.4) is 0 Å². The molecule has 0 radical (unpaired) electrons. The second-order valence-electron chi connectivity index (χ2n) is 3.26. The van der Waals surface area contributed by atoms with Crippen molar-refractivity contribution in [1.82, 2.24) is 4.90 Å². The average molecular weight is 193 g/mol. The number of amides is 1. The van der Waals surface area contributed by atoms with Crippen molar-refractivity contribution in [2.24, 2.45) is 0 Å². The van der Waals surface area contributed by atoms with Crippen molar-refractivity contribution in [3.63, 3.8) is 0 Å². The zero-order valence-corrected chi connectivity index (χ0v) is 8.73. The fourth-order valence-corrected chi connectivity index (χ4v) is 1.24. The summed E-state index contributed by atoms with van der Waals surface area (Å²) in [5.74, 6) is -0.0429. The molecular weight excluding hydrogens is 178 g/mol. The molecule has 14 heavy (non-hydrogen) atoms. The van der Waals surface area contributed by atoms with Gasteiger partial charge in [0, 0.05) is 21.2 Å². The molecule has 0 saturated carbocycles. The normalized spacial score (nSPS) is 12.2. The Bertz CT molecular complexity index is 295. The SMILES string of the molecule is CO[C@H](C(=O)N(C)C)c1ccccc1. The number of benzene rings is 1. The van der Waals surface area contributed by atoms with Crippen LogP contribution < -0.4 is 0 Å². The lowest BCUT2D eigenvalue weighted by Crippen LogP contribution is -2.29. The first kappa shape index (κ1) is 10.7. The molecule has 1 amide bonds. The first-order valence-electron chi connectivity index (χ1n) is 4.45. The molecule has 1 aromatic carbocycles. The van der Waals surface area contributed by atoms with Crippen molar-refractivity contribution < 1.29 is 9.53 Å². The predicted molar refractivity (Wildman–Crippen MR) is 54.9 cm³/mol. The van der Waals surface area contributed by atoms with Crippen LogP contribution in [0.5, 0.6) is 0 Å². The van der Waals surface area contributed by atoms with Crippen LogP contribution in [0.4, 0.5) is 0 Å². The monoisotopic (exact) mass is 193 g/mol. The van der Waals surface area contributed by atoms with Crippen molar-refractivity contribution >= 4 is 5.91 Å². The molecule has 0 aliphatic heterocycles. The van der Waals surface area contributed by atoms with Crippen LogP contribution in [0.2, 0.25) is 0 Å². The number of hydrogen-bond donors (Lipinski definition) is 0. The van der Waals surface area contributed by atoms with Gasteiger partial charge in [-0.3, -0.25) is 4.79 Å². The van der Waals surface area contributed by atoms with E-state index in [0.29, 0.717) is 0 Å². The highest BCUT2D eigenvalue weighted by molar-refractivity contribution is 5.81. The Kier molecular flexibility index (Phi) is 3.65. The van der Waals surface area contributed by atoms with Crippen LogP contribution >= 0.6 is 0 Å². The summed E-state index contributed by atoms with van der Waals surface area (Å²) in [6.07, 6.45) is -0.494. The Hall–Kier alpha value is -1.35. The number of rotatable bonds is 3. The molecule has 0 N–H and O–H groups in total. The first-order chi connectivity index (χ1) is 6.66. The molecule has 0 aliphatic carbocycles. The zero-order valence-electron chi connectivity index (χ0n) is 8.73. The van der Waals surface area contributed by atoms with E-state index in [9.17, 15) is 4.79 Å². The van der Waals surface area contributed by atoms with Crippen LogP contribution in [-0.2, 0) is 9.53 Å². The lowest BCUT2D eigenvalue weighted by atomic mass is 10.1. The zero-order chi connectivity index (χ0) is 10.6. The van der Waals surface area contributed by atoms with Crippen LogP contribution in [-0.4, -0.2) is 32.0 Å². The highest BCUT2D eigenvalue weighted by atomic mass is 16.5. The van der Waals surface area contributed by atoms with E-state index in [0.717, 1.165) is 5.56 Å². The first-order valence-corrected chi connectivity index (χ1v) is 4.45. The molecule has 1 rings (SSSR count). The Morgan fingerprint density at radius 3 is 2.29 bits per heavy atom. The highest BCUT2D eigenvalue weighted by Gasteiger charge is 2.20. The summed E-state index contributed by atoms with van der Waals surface area (Å²) in [7, 11) is 4.98. The van der Waals surface area contributed by atoms with Crippen LogP contribution in [0.1, 0.15) is 11.7 Å². The highest BCUT2D eigenvalue weighted by Crippen LogP contribution is 2.17. The van der Waals surface area contributed by atoms with Crippen molar-refractivity contribution in [1.29, 1.82) is 0 Å². The van der Waals surface area contributed by atoms with Gasteiger partial charge in [-0.25, -0.2) is 0 Å². The number of likely N-dealkylation sites (N-methyl/N-ethyl adjacent to an activating group) is 1. The Balaban J connectivity index is 2.88. The van der Waals surface area contributed by atoms with Crippen molar-refractivity contribution in [2.75, 3.05) is 21.2 Å². The van der Waals surface area contributed by atoms with E-state index >= 15 is 0 Å². The minimum Gasteiger partial charge on any atom is -0.367 e. The van der Waals surface area contributed by atoms with Crippen molar-refractivity contribution in [3.05, 3.63) is 35.9 Å². The molecule has 1 aromatic rings. The maximum Gasteiger partial charge on any atom is 0.255 e. The van der Waals surface area contributed by atoms with E-state index in [4.69, 9.17) is 4.74 Å². The average Bonchev–Trinajstić information content (AvgIpc) is 2.20. The topological polar surface area (TPSA) is 29.5 Å². The third-order valence-electron chi connectivity index (χ3n) is 2.00. The fourth-order valence-electron chi connectivity index (χ4n) is 1.24. The Morgan fingerprint density at radius 2 is 1.86 bits per heavy atom. The molecule has 76 valence electrons. The standard InChI is InChI=1S/C11H15NO2/c1-12(2)11(13)10(14-3)9-7-5-4-6-8-9/h4-8,10H,1-3H3/t10-/m0/s1. The van der Waals surface area contributed by atoms with Gasteiger partial charge in [-0.2, -0.15) is 0 Å². The summed E-state index contributed by atoms with van der Waals surface area (Å²) in [6, 6.07) is 9.47. The number of carbonyl (C=O) groups is 1. The lowest BCUT2D eigenvalue weighted by Gasteiger charge is -2.19. The molecule has 0 aromatic heterocycles. The number of methoxy groups -OCH3 is 1. The van der Waals surface area contributed by atoms with Gasteiger partial charge in [-0.05, 0) is 5.56 Å². The quantitative estimate of drug-likeness (QED) is 0.727. The van der Waals surface area contributed by atoms with Gasteiger partial charge in [0.15, 0.2) is 6.10 Å². The predicted octanol–water partition coefficient (Wildman–Crippen LogP) is 1.46. The minimum atomic E-state index is -0.494. The molecule has 1 atom stereocenters. The van der Waals surface area contributed by atoms with E-state index in [1.54, 1.807) is 21.2 Å². The summed E-state index contributed by atoms with van der Waals surface area (Å²) in [5, 5.41) is 0. The second kappa shape index (κ2) is 4.77. The van der Waals surface area contributed by atoms with Gasteiger partial charge in [0.25, 0.3) is 5.91 Å². The Morgan fingerprint density at radius 1 is 1.29 bits per heavy atom. The third kappa shape index (κ3) is 2.33. The van der Waals surface area contributed by atoms with Crippen LogP contribution in [0, 0.1) is 0 Å². The van der Waals surface area contributed by atoms with E-state index in [1.807, 2.05) is 30.3 Å². The molecule has 0 bridgehead atoms. The fraction of sp³-hybridized carbons (Fsp3) is 0.364. The van der Waals surface area contributed by atoms with Gasteiger partial charge < -0.3 is 9.64 Å². The molecule has 0 heterocycles. The summed E-state index contributed by atoms with van der Waals surface area (Å²) >= 11 is 0. The number of carbonyl (C=O) groups excluding carboxylic acids is 1. The molecule has 0 fully saturated rings. The molecule has 0 aliphatic rings. The van der Waals surface area contributed by atoms with E-state index in [1.165, 1.54) is 4.90 Å². The second-order valence-corrected chi connectivity index (χ2v) is 3.26. The lowest BCUT2D eigenvalue weighted by molar-refractivity contribution is -0.139. The van der Waals surface area contributed by atoms with E-state index in [-0.39, 0.29) is 5.91 Å². The summed E-state index contributed by atoms with van der Waals surface area (Å²) in [6.45, 7) is 0. The summed E-state index contributed by atoms with van der Waals surface area (Å²) in [4.78, 5) is 13.2. The summed E-state index contributed by atoms with van der Waals surface area (Å²) in [5.41, 5.74) is 0.883. The molecule has 0 saturated heterocycles. The van der Waals surface area contributed by atoms with Gasteiger partial charge in [0.1, 0.15) is 0 Å². The van der Waals surface area contributed by atoms with Gasteiger partial charge in [0.2, 0.25) is 0 Å². The molecule has 3 heteroatoms. The van der Waals surface area contributed by atoms with Crippen molar-refractivity contribution in [3.8, 4) is 0 Å². The van der Waals surface area contributed by atoms with Gasteiger partial charge in [-0.15, -0.1) is 0 Å². The van der Waals surface area contributed by atoms with Crippen LogP contribution in [0.25, 0.3) is 0 Å². The number of ether oxygens (including phenoxy) is 1. The largest absolute Gasteiger partial charge is 0.367 e.